The van der Waals surface area contributed by atoms with Crippen molar-refractivity contribution in [3.8, 4) is 16.9 Å². The smallest absolute Gasteiger partial charge is 0.351 e. The lowest BCUT2D eigenvalue weighted by molar-refractivity contribution is -0.678. The summed E-state index contributed by atoms with van der Waals surface area (Å²) in [4.78, 5) is 47.1. The Balaban J connectivity index is 1.50. The summed E-state index contributed by atoms with van der Waals surface area (Å²) in [5.74, 6) is -5.28. The summed E-state index contributed by atoms with van der Waals surface area (Å²) in [6.07, 6.45) is 0.910. The third-order valence-corrected chi connectivity index (χ3v) is 9.01. The molecular formula is C29H32ClFN6O10S2. The number of nitrogen functional groups attached to an aromatic ring is 1. The number of aliphatic carboxylic acids is 1. The molecule has 1 saturated heterocycles. The van der Waals surface area contributed by atoms with E-state index in [1.54, 1.807) is 12.3 Å². The summed E-state index contributed by atoms with van der Waals surface area (Å²) in [5.41, 5.74) is 10.9. The van der Waals surface area contributed by atoms with Crippen LogP contribution in [0.15, 0.2) is 41.7 Å². The van der Waals surface area contributed by atoms with Gasteiger partial charge >= 0.3 is 5.97 Å². The quantitative estimate of drug-likeness (QED) is 0.0474. The van der Waals surface area contributed by atoms with Crippen LogP contribution in [0.1, 0.15) is 38.1 Å². The molecule has 264 valence electrons. The van der Waals surface area contributed by atoms with Gasteiger partial charge in [-0.15, -0.1) is 0 Å². The highest BCUT2D eigenvalue weighted by molar-refractivity contribution is 7.80. The van der Waals surface area contributed by atoms with Gasteiger partial charge in [-0.3, -0.25) is 9.59 Å². The van der Waals surface area contributed by atoms with Gasteiger partial charge in [0.1, 0.15) is 35.3 Å². The average molecular weight is 743 g/mol. The van der Waals surface area contributed by atoms with Crippen LogP contribution in [0.3, 0.4) is 0 Å². The Bertz CT molecular complexity index is 1910. The van der Waals surface area contributed by atoms with Gasteiger partial charge in [-0.2, -0.15) is 9.35 Å². The minimum Gasteiger partial charge on any atom is -0.724 e. The second-order valence-electron chi connectivity index (χ2n) is 11.4. The number of ether oxygens (including phenoxy) is 1. The first-order chi connectivity index (χ1) is 22.9. The molecule has 5 N–H and O–H groups in total. The van der Waals surface area contributed by atoms with Crippen molar-refractivity contribution in [2.45, 2.75) is 44.8 Å². The van der Waals surface area contributed by atoms with Crippen LogP contribution in [0, 0.1) is 11.7 Å². The van der Waals surface area contributed by atoms with Crippen molar-refractivity contribution in [3.63, 3.8) is 0 Å². The molecule has 2 atom stereocenters. The first kappa shape index (κ1) is 37.5. The number of rotatable bonds is 16. The number of halogens is 2. The summed E-state index contributed by atoms with van der Waals surface area (Å²) >= 11 is 6.96. The number of aromatic nitrogens is 2. The molecular weight excluding hydrogens is 711 g/mol. The van der Waals surface area contributed by atoms with Crippen molar-refractivity contribution in [2.24, 2.45) is 23.9 Å². The number of benzene rings is 1. The molecule has 0 saturated carbocycles. The number of oxime groups is 1. The largest absolute Gasteiger partial charge is 0.724 e. The molecule has 1 aliphatic heterocycles. The molecule has 1 amide bonds. The molecule has 1 fully saturated rings. The molecule has 3 heterocycles. The van der Waals surface area contributed by atoms with Gasteiger partial charge in [0.05, 0.1) is 11.5 Å². The summed E-state index contributed by atoms with van der Waals surface area (Å²) in [6.45, 7) is 2.57. The molecule has 20 heteroatoms. The first-order valence-corrected chi connectivity index (χ1v) is 17.0. The van der Waals surface area contributed by atoms with Gasteiger partial charge < -0.3 is 30.7 Å². The van der Waals surface area contributed by atoms with Crippen LogP contribution in [0.5, 0.6) is 5.75 Å². The molecule has 0 aliphatic carbocycles. The SMILES string of the molecule is C[n+]1cc(-c2ccc(OC[C@H](O/N=C(\C(=O)C[C@@H]3C(=O)N(OS(=O)(=O)[O-])C3(C)C)c3nc(N)sc3Cl)C(=O)O)cc2F)ccc1CCCN. The number of carboxylic acid groups (broad SMARTS) is 1. The maximum Gasteiger partial charge on any atom is 0.351 e. The molecule has 0 radical (unpaired) electrons. The molecule has 1 aliphatic rings. The molecule has 3 aromatic rings. The highest BCUT2D eigenvalue weighted by atomic mass is 35.5. The number of nitrogens with zero attached hydrogens (tertiary/aromatic N) is 4. The van der Waals surface area contributed by atoms with Crippen molar-refractivity contribution in [1.82, 2.24) is 10.0 Å². The number of β-lactam (4-membered cyclic amide) rings is 1. The van der Waals surface area contributed by atoms with Crippen LogP contribution < -0.4 is 20.8 Å². The zero-order chi connectivity index (χ0) is 36.3. The first-order valence-electron chi connectivity index (χ1n) is 14.5. The number of carbonyl (C=O) groups excluding carboxylic acids is 2. The molecule has 1 aromatic carbocycles. The molecule has 0 spiro atoms. The minimum atomic E-state index is -5.28. The number of thiazole rings is 1. The molecule has 2 aromatic heterocycles. The van der Waals surface area contributed by atoms with E-state index in [9.17, 15) is 32.5 Å². The second kappa shape index (κ2) is 15.1. The predicted octanol–water partition coefficient (Wildman–Crippen LogP) is 1.74. The van der Waals surface area contributed by atoms with E-state index in [1.165, 1.54) is 26.0 Å². The van der Waals surface area contributed by atoms with Crippen molar-refractivity contribution < 1.29 is 55.3 Å². The molecule has 49 heavy (non-hydrogen) atoms. The third-order valence-electron chi connectivity index (χ3n) is 7.60. The predicted molar refractivity (Wildman–Crippen MR) is 171 cm³/mol. The Hall–Kier alpha value is -4.27. The van der Waals surface area contributed by atoms with E-state index in [0.717, 1.165) is 35.9 Å². The van der Waals surface area contributed by atoms with E-state index >= 15 is 4.39 Å². The highest BCUT2D eigenvalue weighted by Gasteiger charge is 2.57. The lowest BCUT2D eigenvalue weighted by Gasteiger charge is -2.51. The monoisotopic (exact) mass is 742 g/mol. The highest BCUT2D eigenvalue weighted by Crippen LogP contribution is 2.41. The van der Waals surface area contributed by atoms with Gasteiger partial charge in [0.15, 0.2) is 28.5 Å². The van der Waals surface area contributed by atoms with E-state index in [4.69, 9.17) is 32.6 Å². The Morgan fingerprint density at radius 3 is 2.57 bits per heavy atom. The van der Waals surface area contributed by atoms with Crippen LogP contribution in [0.2, 0.25) is 4.34 Å². The number of carbonyl (C=O) groups is 3. The number of carboxylic acids is 1. The lowest BCUT2D eigenvalue weighted by atomic mass is 9.74. The minimum absolute atomic E-state index is 0.0202. The summed E-state index contributed by atoms with van der Waals surface area (Å²) in [6, 6.07) is 7.65. The molecule has 0 unspecified atom stereocenters. The number of aryl methyl sites for hydroxylation is 2. The number of hydrogen-bond donors (Lipinski definition) is 3. The van der Waals surface area contributed by atoms with Gasteiger partial charge in [-0.1, -0.05) is 28.1 Å². The number of anilines is 1. The maximum absolute atomic E-state index is 15.1. The number of nitrogens with two attached hydrogens (primary N) is 2. The number of amides is 1. The summed E-state index contributed by atoms with van der Waals surface area (Å²) in [7, 11) is -3.44. The van der Waals surface area contributed by atoms with Gasteiger partial charge in [-0.25, -0.2) is 27.2 Å². The maximum atomic E-state index is 15.1. The van der Waals surface area contributed by atoms with E-state index in [0.29, 0.717) is 17.2 Å². The zero-order valence-corrected chi connectivity index (χ0v) is 28.7. The van der Waals surface area contributed by atoms with Gasteiger partial charge in [0.2, 0.25) is 10.4 Å². The van der Waals surface area contributed by atoms with Crippen molar-refractivity contribution >= 4 is 61.8 Å². The number of pyridine rings is 1. The van der Waals surface area contributed by atoms with E-state index in [-0.39, 0.29) is 26.5 Å². The van der Waals surface area contributed by atoms with Crippen LogP contribution in [-0.4, -0.2) is 76.3 Å². The standard InChI is InChI=1S/C29H32ClFN6O10S2/c1-29(2)19(26(39)37(29)47-49(42,43)44)12-21(38)23(24-25(30)48-28(33)34-24)35-46-22(27(40)41)14-45-17-8-9-18(20(31)11-17)15-6-7-16(5-4-10-32)36(3)13-15/h6-9,11,13,19,22H,4-5,10,12,14,32H2,1-3H3,(H3-,33,34,40,41,42,43,44)/b35-23+/t19-,22+/m1/s1. The van der Waals surface area contributed by atoms with Crippen LogP contribution in [0.4, 0.5) is 9.52 Å². The fourth-order valence-electron chi connectivity index (χ4n) is 4.93. The van der Waals surface area contributed by atoms with Crippen LogP contribution >= 0.6 is 22.9 Å². The van der Waals surface area contributed by atoms with E-state index < -0.39 is 70.2 Å². The zero-order valence-electron chi connectivity index (χ0n) is 26.3. The summed E-state index contributed by atoms with van der Waals surface area (Å²) in [5, 5.41) is 13.7. The average Bonchev–Trinajstić information content (AvgIpc) is 3.35. The molecule has 4 rings (SSSR count). The topological polar surface area (TPSA) is 241 Å². The number of ketones is 1. The number of hydrogen-bond acceptors (Lipinski definition) is 14. The molecule has 0 bridgehead atoms. The Labute approximate surface area is 288 Å². The van der Waals surface area contributed by atoms with Crippen LogP contribution in [0.25, 0.3) is 11.1 Å². The Morgan fingerprint density at radius 1 is 1.31 bits per heavy atom. The van der Waals surface area contributed by atoms with Gasteiger partial charge in [0, 0.05) is 36.1 Å². The Kier molecular flexibility index (Phi) is 11.6. The second-order valence-corrected chi connectivity index (χ2v) is 14.0. The fraction of sp³-hybridized carbons (Fsp3) is 0.379. The number of Topliss-reactive ketones (excluding diaryl/α,β-unsaturated/α-hetero) is 1. The van der Waals surface area contributed by atoms with E-state index in [2.05, 4.69) is 14.4 Å². The van der Waals surface area contributed by atoms with Crippen molar-refractivity contribution in [1.29, 1.82) is 0 Å². The lowest BCUT2D eigenvalue weighted by Crippen LogP contribution is -2.68. The van der Waals surface area contributed by atoms with E-state index in [1.807, 2.05) is 17.7 Å². The fourth-order valence-corrected chi connectivity index (χ4v) is 6.31. The number of hydroxylamine groups is 2. The molecule has 16 nitrogen and oxygen atoms in total. The van der Waals surface area contributed by atoms with Crippen molar-refractivity contribution in [3.05, 3.63) is 58.1 Å². The van der Waals surface area contributed by atoms with Crippen LogP contribution in [-0.2, 0) is 47.4 Å². The van der Waals surface area contributed by atoms with Crippen molar-refractivity contribution in [2.75, 3.05) is 18.9 Å². The Morgan fingerprint density at radius 2 is 2.02 bits per heavy atom. The van der Waals surface area contributed by atoms with Gasteiger partial charge in [0.25, 0.3) is 12.0 Å². The normalized spacial score (nSPS) is 16.6. The third kappa shape index (κ3) is 8.86. The van der Waals surface area contributed by atoms with Gasteiger partial charge in [-0.05, 0) is 45.0 Å². The summed E-state index contributed by atoms with van der Waals surface area (Å²) < 4.78 is 59.7.